The van der Waals surface area contributed by atoms with E-state index in [1.165, 1.54) is 6.42 Å². The van der Waals surface area contributed by atoms with Gasteiger partial charge in [0.05, 0.1) is 12.1 Å². The molecule has 0 spiro atoms. The van der Waals surface area contributed by atoms with E-state index in [-0.39, 0.29) is 18.1 Å². The molecule has 5 unspecified atom stereocenters. The highest BCUT2D eigenvalue weighted by Crippen LogP contribution is 2.34. The maximum Gasteiger partial charge on any atom is 0.152 e. The smallest absolute Gasteiger partial charge is 0.152 e. The third-order valence-corrected chi connectivity index (χ3v) is 4.77. The molecule has 0 amide bonds. The molecule has 1 N–H and O–H groups in total. The zero-order valence-electron chi connectivity index (χ0n) is 11.2. The minimum Gasteiger partial charge on any atom is -0.380 e. The summed E-state index contributed by atoms with van der Waals surface area (Å²) in [6, 6.07) is 0.0468. The predicted molar refractivity (Wildman–Crippen MR) is 67.9 cm³/mol. The summed E-state index contributed by atoms with van der Waals surface area (Å²) in [5.74, 6) is 2.19. The van der Waals surface area contributed by atoms with Crippen LogP contribution >= 0.6 is 0 Å². The van der Waals surface area contributed by atoms with Crippen LogP contribution in [0.4, 0.5) is 0 Å². The summed E-state index contributed by atoms with van der Waals surface area (Å²) in [5, 5.41) is 3.31. The third kappa shape index (κ3) is 2.89. The summed E-state index contributed by atoms with van der Waals surface area (Å²) in [6.07, 6.45) is 4.45. The Morgan fingerprint density at radius 3 is 2.53 bits per heavy atom. The molecule has 1 aliphatic heterocycles. The molecular formula is C14H25NO2. The lowest BCUT2D eigenvalue weighted by Gasteiger charge is -2.32. The maximum absolute atomic E-state index is 12.4. The van der Waals surface area contributed by atoms with Crippen molar-refractivity contribution in [3.05, 3.63) is 0 Å². The van der Waals surface area contributed by atoms with E-state index in [9.17, 15) is 4.79 Å². The van der Waals surface area contributed by atoms with Crippen LogP contribution in [0.5, 0.6) is 0 Å². The number of ether oxygens (including phenoxy) is 1. The topological polar surface area (TPSA) is 38.3 Å². The van der Waals surface area contributed by atoms with Gasteiger partial charge in [0, 0.05) is 19.6 Å². The molecule has 98 valence electrons. The second-order valence-electron chi connectivity index (χ2n) is 5.92. The Morgan fingerprint density at radius 2 is 1.94 bits per heavy atom. The van der Waals surface area contributed by atoms with Gasteiger partial charge < -0.3 is 10.1 Å². The van der Waals surface area contributed by atoms with Crippen molar-refractivity contribution in [3.63, 3.8) is 0 Å². The molecule has 2 fully saturated rings. The number of nitrogens with one attached hydrogen (secondary N) is 1. The fourth-order valence-corrected chi connectivity index (χ4v) is 3.19. The average molecular weight is 239 g/mol. The van der Waals surface area contributed by atoms with E-state index in [1.54, 1.807) is 7.11 Å². The van der Waals surface area contributed by atoms with Crippen LogP contribution < -0.4 is 5.32 Å². The number of ketones is 1. The fraction of sp³-hybridized carbons (Fsp3) is 0.929. The predicted octanol–water partition coefficient (Wildman–Crippen LogP) is 2.00. The minimum absolute atomic E-state index is 0.0468. The van der Waals surface area contributed by atoms with Crippen molar-refractivity contribution in [2.45, 2.75) is 51.7 Å². The first-order valence-corrected chi connectivity index (χ1v) is 6.91. The largest absolute Gasteiger partial charge is 0.380 e. The third-order valence-electron chi connectivity index (χ3n) is 4.77. The lowest BCUT2D eigenvalue weighted by Crippen LogP contribution is -2.38. The van der Waals surface area contributed by atoms with Gasteiger partial charge in [0.2, 0.25) is 0 Å². The Balaban J connectivity index is 1.88. The van der Waals surface area contributed by atoms with Crippen LogP contribution in [0, 0.1) is 17.8 Å². The van der Waals surface area contributed by atoms with Gasteiger partial charge in [-0.2, -0.15) is 0 Å². The van der Waals surface area contributed by atoms with Crippen LogP contribution in [0.1, 0.15) is 39.5 Å². The summed E-state index contributed by atoms with van der Waals surface area (Å²) >= 11 is 0. The second kappa shape index (κ2) is 5.49. The van der Waals surface area contributed by atoms with Gasteiger partial charge in [0.1, 0.15) is 0 Å². The van der Waals surface area contributed by atoms with Crippen molar-refractivity contribution < 1.29 is 9.53 Å². The number of carbonyl (C=O) groups excluding carboxylic acids is 1. The molecule has 1 saturated heterocycles. The molecular weight excluding hydrogens is 214 g/mol. The van der Waals surface area contributed by atoms with Crippen molar-refractivity contribution in [3.8, 4) is 0 Å². The molecule has 0 aromatic heterocycles. The molecule has 17 heavy (non-hydrogen) atoms. The Bertz CT molecular complexity index is 279. The van der Waals surface area contributed by atoms with E-state index in [1.807, 2.05) is 0 Å². The normalized spacial score (nSPS) is 42.6. The highest BCUT2D eigenvalue weighted by molar-refractivity contribution is 5.86. The van der Waals surface area contributed by atoms with Crippen molar-refractivity contribution >= 4 is 5.78 Å². The molecule has 1 aliphatic carbocycles. The van der Waals surface area contributed by atoms with Crippen molar-refractivity contribution in [1.82, 2.24) is 5.32 Å². The molecule has 3 nitrogen and oxygen atoms in total. The number of rotatable bonds is 3. The van der Waals surface area contributed by atoms with Gasteiger partial charge in [-0.3, -0.25) is 4.79 Å². The van der Waals surface area contributed by atoms with Crippen molar-refractivity contribution in [2.75, 3.05) is 13.7 Å². The average Bonchev–Trinajstić information content (AvgIpc) is 2.80. The fourth-order valence-electron chi connectivity index (χ4n) is 3.19. The van der Waals surface area contributed by atoms with E-state index >= 15 is 0 Å². The van der Waals surface area contributed by atoms with Crippen LogP contribution in [0.2, 0.25) is 0 Å². The van der Waals surface area contributed by atoms with Crippen LogP contribution in [-0.2, 0) is 9.53 Å². The van der Waals surface area contributed by atoms with Gasteiger partial charge in [-0.1, -0.05) is 13.8 Å². The van der Waals surface area contributed by atoms with Gasteiger partial charge in [-0.15, -0.1) is 0 Å². The summed E-state index contributed by atoms with van der Waals surface area (Å²) in [4.78, 5) is 12.4. The molecule has 1 saturated carbocycles. The lowest BCUT2D eigenvalue weighted by molar-refractivity contribution is -0.126. The Labute approximate surface area is 104 Å². The number of hydrogen-bond donors (Lipinski definition) is 1. The van der Waals surface area contributed by atoms with E-state index < -0.39 is 0 Å². The molecule has 2 aliphatic rings. The molecule has 0 aromatic rings. The second-order valence-corrected chi connectivity index (χ2v) is 5.92. The van der Waals surface area contributed by atoms with Crippen LogP contribution in [0.15, 0.2) is 0 Å². The zero-order chi connectivity index (χ0) is 12.4. The molecule has 5 atom stereocenters. The Morgan fingerprint density at radius 1 is 1.18 bits per heavy atom. The number of hydrogen-bond acceptors (Lipinski definition) is 3. The van der Waals surface area contributed by atoms with E-state index in [0.717, 1.165) is 31.7 Å². The minimum atomic E-state index is 0.0468. The Kier molecular flexibility index (Phi) is 4.21. The van der Waals surface area contributed by atoms with Crippen molar-refractivity contribution in [1.29, 1.82) is 0 Å². The first-order chi connectivity index (χ1) is 8.11. The molecule has 1 heterocycles. The first kappa shape index (κ1) is 13.0. The standard InChI is InChI=1S/C14H25NO2/c1-9-4-5-11(6-10(9)2)14(16)13-7-12(17-3)8-15-13/h9-13,15H,4-8H2,1-3H3. The molecule has 2 rings (SSSR count). The van der Waals surface area contributed by atoms with Crippen LogP contribution in [-0.4, -0.2) is 31.6 Å². The zero-order valence-corrected chi connectivity index (χ0v) is 11.2. The molecule has 0 aromatic carbocycles. The highest BCUT2D eigenvalue weighted by atomic mass is 16.5. The molecule has 0 radical (unpaired) electrons. The van der Waals surface area contributed by atoms with E-state index in [0.29, 0.717) is 11.7 Å². The Hall–Kier alpha value is -0.410. The van der Waals surface area contributed by atoms with Gasteiger partial charge in [0.25, 0.3) is 0 Å². The quantitative estimate of drug-likeness (QED) is 0.818. The summed E-state index contributed by atoms with van der Waals surface area (Å²) in [7, 11) is 1.73. The monoisotopic (exact) mass is 239 g/mol. The van der Waals surface area contributed by atoms with Gasteiger partial charge in [-0.05, 0) is 37.5 Å². The summed E-state index contributed by atoms with van der Waals surface area (Å²) in [5.41, 5.74) is 0. The van der Waals surface area contributed by atoms with Crippen LogP contribution in [0.3, 0.4) is 0 Å². The number of carbonyl (C=O) groups is 1. The summed E-state index contributed by atoms with van der Waals surface area (Å²) < 4.78 is 5.30. The van der Waals surface area contributed by atoms with E-state index in [4.69, 9.17) is 4.74 Å². The number of methoxy groups -OCH3 is 1. The first-order valence-electron chi connectivity index (χ1n) is 6.91. The van der Waals surface area contributed by atoms with Crippen LogP contribution in [0.25, 0.3) is 0 Å². The number of Topliss-reactive ketones (excluding diaryl/α,β-unsaturated/α-hetero) is 1. The highest BCUT2D eigenvalue weighted by Gasteiger charge is 2.36. The SMILES string of the molecule is COC1CNC(C(=O)C2CCC(C)C(C)C2)C1. The lowest BCUT2D eigenvalue weighted by atomic mass is 9.73. The van der Waals surface area contributed by atoms with Crippen molar-refractivity contribution in [2.24, 2.45) is 17.8 Å². The molecule has 0 bridgehead atoms. The van der Waals surface area contributed by atoms with E-state index in [2.05, 4.69) is 19.2 Å². The summed E-state index contributed by atoms with van der Waals surface area (Å²) in [6.45, 7) is 5.41. The maximum atomic E-state index is 12.4. The molecule has 3 heteroatoms. The van der Waals surface area contributed by atoms with Gasteiger partial charge in [-0.25, -0.2) is 0 Å². The van der Waals surface area contributed by atoms with Gasteiger partial charge in [0.15, 0.2) is 5.78 Å². The van der Waals surface area contributed by atoms with Gasteiger partial charge >= 0.3 is 0 Å².